The van der Waals surface area contributed by atoms with Gasteiger partial charge < -0.3 is 19.8 Å². The Balaban J connectivity index is 1.66. The van der Waals surface area contributed by atoms with E-state index in [-0.39, 0.29) is 5.76 Å². The number of fused-ring (bicyclic) bond motifs is 1. The van der Waals surface area contributed by atoms with Crippen LogP contribution < -0.4 is 21.1 Å². The van der Waals surface area contributed by atoms with Gasteiger partial charge in [-0.05, 0) is 56.2 Å². The smallest absolute Gasteiger partial charge is 0.419 e. The highest BCUT2D eigenvalue weighted by molar-refractivity contribution is 5.82. The zero-order chi connectivity index (χ0) is 21.4. The monoisotopic (exact) mass is 405 g/mol. The fourth-order valence-corrected chi connectivity index (χ4v) is 3.30. The van der Waals surface area contributed by atoms with E-state index < -0.39 is 0 Å². The molecule has 2 heterocycles. The standard InChI is InChI=1S/C22H23N5O3/c1-12-6-15(9-17(7-12)29-5)25-21-23-11-14(3)20(26-21)24-16-8-13(2)19-18(10-16)27(4)22(28)30-19/h6-11H,1-5H3,(H2,23,24,25,26). The first kappa shape index (κ1) is 19.5. The fourth-order valence-electron chi connectivity index (χ4n) is 3.30. The van der Waals surface area contributed by atoms with Gasteiger partial charge in [0, 0.05) is 36.2 Å². The van der Waals surface area contributed by atoms with E-state index in [1.807, 2.05) is 51.1 Å². The lowest BCUT2D eigenvalue weighted by molar-refractivity contribution is 0.414. The van der Waals surface area contributed by atoms with Crippen LogP contribution in [0.4, 0.5) is 23.1 Å². The highest BCUT2D eigenvalue weighted by Gasteiger charge is 2.12. The van der Waals surface area contributed by atoms with Crippen LogP contribution in [0.1, 0.15) is 16.7 Å². The second-order valence-electron chi connectivity index (χ2n) is 7.28. The van der Waals surface area contributed by atoms with E-state index in [4.69, 9.17) is 9.15 Å². The van der Waals surface area contributed by atoms with Gasteiger partial charge in [-0.25, -0.2) is 9.78 Å². The number of rotatable bonds is 5. The van der Waals surface area contributed by atoms with Crippen molar-refractivity contribution in [2.45, 2.75) is 20.8 Å². The Morgan fingerprint density at radius 2 is 1.77 bits per heavy atom. The van der Waals surface area contributed by atoms with Gasteiger partial charge in [0.25, 0.3) is 0 Å². The van der Waals surface area contributed by atoms with Crippen molar-refractivity contribution < 1.29 is 9.15 Å². The van der Waals surface area contributed by atoms with E-state index in [0.717, 1.165) is 39.3 Å². The first-order valence-corrected chi connectivity index (χ1v) is 9.47. The van der Waals surface area contributed by atoms with Crippen LogP contribution >= 0.6 is 0 Å². The number of aryl methyl sites for hydroxylation is 4. The van der Waals surface area contributed by atoms with E-state index in [9.17, 15) is 4.79 Å². The lowest BCUT2D eigenvalue weighted by Gasteiger charge is -2.13. The van der Waals surface area contributed by atoms with Gasteiger partial charge in [-0.1, -0.05) is 0 Å². The Bertz CT molecular complexity index is 1310. The summed E-state index contributed by atoms with van der Waals surface area (Å²) in [5, 5.41) is 6.55. The number of nitrogens with one attached hydrogen (secondary N) is 2. The van der Waals surface area contributed by atoms with Gasteiger partial charge in [-0.3, -0.25) is 4.57 Å². The quantitative estimate of drug-likeness (QED) is 0.510. The molecule has 0 atom stereocenters. The first-order chi connectivity index (χ1) is 14.3. The highest BCUT2D eigenvalue weighted by Crippen LogP contribution is 2.27. The maximum atomic E-state index is 11.8. The summed E-state index contributed by atoms with van der Waals surface area (Å²) in [5.41, 5.74) is 5.78. The molecule has 8 nitrogen and oxygen atoms in total. The summed E-state index contributed by atoms with van der Waals surface area (Å²) in [6.45, 7) is 5.83. The number of anilines is 4. The van der Waals surface area contributed by atoms with E-state index in [0.29, 0.717) is 17.3 Å². The summed E-state index contributed by atoms with van der Waals surface area (Å²) in [4.78, 5) is 20.8. The summed E-state index contributed by atoms with van der Waals surface area (Å²) in [6.07, 6.45) is 1.75. The van der Waals surface area contributed by atoms with Crippen molar-refractivity contribution in [3.05, 3.63) is 63.8 Å². The van der Waals surface area contributed by atoms with E-state index in [1.165, 1.54) is 4.57 Å². The number of hydrogen-bond donors (Lipinski definition) is 2. The van der Waals surface area contributed by atoms with Gasteiger partial charge >= 0.3 is 5.76 Å². The number of oxazole rings is 1. The molecule has 0 aliphatic rings. The minimum absolute atomic E-state index is 0.386. The Morgan fingerprint density at radius 1 is 1.00 bits per heavy atom. The lowest BCUT2D eigenvalue weighted by atomic mass is 10.2. The summed E-state index contributed by atoms with van der Waals surface area (Å²) < 4.78 is 12.1. The number of benzene rings is 2. The molecule has 0 fully saturated rings. The Hall–Kier alpha value is -3.81. The largest absolute Gasteiger partial charge is 0.497 e. The topological polar surface area (TPSA) is 94.2 Å². The van der Waals surface area contributed by atoms with Crippen molar-refractivity contribution in [1.29, 1.82) is 0 Å². The molecule has 4 aromatic rings. The molecule has 0 radical (unpaired) electrons. The van der Waals surface area contributed by atoms with Crippen LogP contribution in [0.5, 0.6) is 5.75 Å². The Kier molecular flexibility index (Phi) is 4.91. The normalized spacial score (nSPS) is 11.0. The van der Waals surface area contributed by atoms with Crippen molar-refractivity contribution in [2.75, 3.05) is 17.7 Å². The summed E-state index contributed by atoms with van der Waals surface area (Å²) in [7, 11) is 3.32. The Labute approximate surface area is 173 Å². The molecule has 0 saturated heterocycles. The number of hydrogen-bond acceptors (Lipinski definition) is 7. The average Bonchev–Trinajstić information content (AvgIpc) is 2.99. The van der Waals surface area contributed by atoms with Crippen LogP contribution in [0.3, 0.4) is 0 Å². The predicted octanol–water partition coefficient (Wildman–Crippen LogP) is 4.34. The third-order valence-electron chi connectivity index (χ3n) is 4.86. The number of aromatic nitrogens is 3. The Morgan fingerprint density at radius 3 is 2.53 bits per heavy atom. The molecule has 4 rings (SSSR count). The average molecular weight is 405 g/mol. The van der Waals surface area contributed by atoms with Crippen LogP contribution in [0.2, 0.25) is 0 Å². The molecule has 2 N–H and O–H groups in total. The SMILES string of the molecule is COc1cc(C)cc(Nc2ncc(C)c(Nc3cc(C)c4oc(=O)n(C)c4c3)n2)c1. The molecule has 30 heavy (non-hydrogen) atoms. The van der Waals surface area contributed by atoms with Gasteiger partial charge in [-0.15, -0.1) is 0 Å². The summed E-state index contributed by atoms with van der Waals surface area (Å²) in [5.74, 6) is 1.50. The van der Waals surface area contributed by atoms with E-state index in [2.05, 4.69) is 20.6 Å². The van der Waals surface area contributed by atoms with Crippen LogP contribution in [-0.4, -0.2) is 21.6 Å². The third-order valence-corrected chi connectivity index (χ3v) is 4.86. The van der Waals surface area contributed by atoms with E-state index in [1.54, 1.807) is 20.4 Å². The van der Waals surface area contributed by atoms with Gasteiger partial charge in [0.2, 0.25) is 5.95 Å². The minimum Gasteiger partial charge on any atom is -0.497 e. The van der Waals surface area contributed by atoms with Crippen molar-refractivity contribution >= 4 is 34.2 Å². The molecular formula is C22H23N5O3. The maximum absolute atomic E-state index is 11.8. The molecule has 0 amide bonds. The number of ether oxygens (including phenoxy) is 1. The molecule has 8 heteroatoms. The second kappa shape index (κ2) is 7.55. The summed E-state index contributed by atoms with van der Waals surface area (Å²) in [6, 6.07) is 9.63. The molecule has 2 aromatic carbocycles. The minimum atomic E-state index is -0.386. The third kappa shape index (κ3) is 3.71. The van der Waals surface area contributed by atoms with Crippen LogP contribution in [-0.2, 0) is 7.05 Å². The first-order valence-electron chi connectivity index (χ1n) is 9.47. The van der Waals surface area contributed by atoms with Crippen molar-refractivity contribution in [3.63, 3.8) is 0 Å². The van der Waals surface area contributed by atoms with Crippen molar-refractivity contribution in [3.8, 4) is 5.75 Å². The zero-order valence-corrected chi connectivity index (χ0v) is 17.5. The van der Waals surface area contributed by atoms with Gasteiger partial charge in [-0.2, -0.15) is 4.98 Å². The zero-order valence-electron chi connectivity index (χ0n) is 17.5. The number of methoxy groups -OCH3 is 1. The van der Waals surface area contributed by atoms with Crippen molar-refractivity contribution in [1.82, 2.24) is 14.5 Å². The maximum Gasteiger partial charge on any atom is 0.419 e. The molecule has 0 spiro atoms. The predicted molar refractivity (Wildman–Crippen MR) is 117 cm³/mol. The highest BCUT2D eigenvalue weighted by atomic mass is 16.5. The number of nitrogens with zero attached hydrogens (tertiary/aromatic N) is 3. The molecule has 2 aromatic heterocycles. The second-order valence-corrected chi connectivity index (χ2v) is 7.28. The van der Waals surface area contributed by atoms with Crippen LogP contribution in [0, 0.1) is 20.8 Å². The molecule has 154 valence electrons. The van der Waals surface area contributed by atoms with Crippen LogP contribution in [0.15, 0.2) is 45.7 Å². The lowest BCUT2D eigenvalue weighted by Crippen LogP contribution is -2.08. The molecule has 0 aliphatic carbocycles. The van der Waals surface area contributed by atoms with E-state index >= 15 is 0 Å². The fraction of sp³-hybridized carbons (Fsp3) is 0.227. The molecule has 0 aliphatic heterocycles. The van der Waals surface area contributed by atoms with Crippen molar-refractivity contribution in [2.24, 2.45) is 7.05 Å². The molecule has 0 unspecified atom stereocenters. The van der Waals surface area contributed by atoms with Gasteiger partial charge in [0.05, 0.1) is 12.6 Å². The van der Waals surface area contributed by atoms with Crippen LogP contribution in [0.25, 0.3) is 11.1 Å². The van der Waals surface area contributed by atoms with Gasteiger partial charge in [0.1, 0.15) is 11.6 Å². The molecular weight excluding hydrogens is 382 g/mol. The molecule has 0 saturated carbocycles. The summed E-state index contributed by atoms with van der Waals surface area (Å²) >= 11 is 0. The molecule has 0 bridgehead atoms. The van der Waals surface area contributed by atoms with Gasteiger partial charge in [0.15, 0.2) is 5.58 Å².